The van der Waals surface area contributed by atoms with Gasteiger partial charge in [-0.05, 0) is 37.1 Å². The lowest BCUT2D eigenvalue weighted by Gasteiger charge is -2.17. The Bertz CT molecular complexity index is 1040. The summed E-state index contributed by atoms with van der Waals surface area (Å²) in [5, 5.41) is 0.443. The molecule has 1 fully saturated rings. The zero-order chi connectivity index (χ0) is 20.6. The van der Waals surface area contributed by atoms with Crippen LogP contribution in [0.15, 0.2) is 29.1 Å². The van der Waals surface area contributed by atoms with Crippen LogP contribution in [0, 0.1) is 19.7 Å². The van der Waals surface area contributed by atoms with Gasteiger partial charge in [-0.15, -0.1) is 5.06 Å². The molecule has 28 heavy (non-hydrogen) atoms. The lowest BCUT2D eigenvalue weighted by molar-refractivity contribution is -0.172. The van der Waals surface area contributed by atoms with E-state index in [1.807, 2.05) is 0 Å². The summed E-state index contributed by atoms with van der Waals surface area (Å²) >= 11 is 0. The van der Waals surface area contributed by atoms with Crippen LogP contribution in [-0.4, -0.2) is 27.4 Å². The molecule has 1 aliphatic heterocycles. The van der Waals surface area contributed by atoms with Gasteiger partial charge in [-0.2, -0.15) is 0 Å². The normalized spacial score (nSPS) is 13.9. The van der Waals surface area contributed by atoms with E-state index in [9.17, 15) is 23.6 Å². The molecule has 3 rings (SSSR count). The van der Waals surface area contributed by atoms with Gasteiger partial charge in [0.2, 0.25) is 0 Å². The minimum Gasteiger partial charge on any atom is -0.325 e. The van der Waals surface area contributed by atoms with Crippen molar-refractivity contribution < 1.29 is 23.6 Å². The minimum absolute atomic E-state index is 0.00734. The lowest BCUT2D eigenvalue weighted by atomic mass is 10.0. The van der Waals surface area contributed by atoms with Crippen molar-refractivity contribution in [1.82, 2.24) is 9.63 Å². The predicted molar refractivity (Wildman–Crippen MR) is 96.9 cm³/mol. The average Bonchev–Trinajstić information content (AvgIpc) is 2.95. The summed E-state index contributed by atoms with van der Waals surface area (Å²) in [5.74, 6) is -2.63. The number of hydrogen-bond acceptors (Lipinski definition) is 5. The number of amides is 2. The summed E-state index contributed by atoms with van der Waals surface area (Å²) in [6, 6.07) is 6.00. The maximum absolute atomic E-state index is 14.3. The van der Waals surface area contributed by atoms with Crippen molar-refractivity contribution in [2.24, 2.45) is 7.05 Å². The van der Waals surface area contributed by atoms with E-state index in [4.69, 9.17) is 4.84 Å². The predicted octanol–water partition coefficient (Wildman–Crippen LogP) is 1.95. The fourth-order valence-corrected chi connectivity index (χ4v) is 3.09. The summed E-state index contributed by atoms with van der Waals surface area (Å²) in [6.07, 6.45) is -0.0931. The van der Waals surface area contributed by atoms with Crippen LogP contribution in [0.4, 0.5) is 4.39 Å². The van der Waals surface area contributed by atoms with Crippen LogP contribution in [0.25, 0.3) is 0 Å². The summed E-state index contributed by atoms with van der Waals surface area (Å²) < 4.78 is 15.6. The summed E-state index contributed by atoms with van der Waals surface area (Å²) in [6.45, 7) is 3.28. The third-order valence-electron chi connectivity index (χ3n) is 4.68. The first-order valence-electron chi connectivity index (χ1n) is 8.71. The molecule has 1 aromatic heterocycles. The number of hydroxylamine groups is 2. The van der Waals surface area contributed by atoms with Gasteiger partial charge in [0.15, 0.2) is 0 Å². The van der Waals surface area contributed by atoms with Crippen molar-refractivity contribution in [2.75, 3.05) is 0 Å². The zero-order valence-electron chi connectivity index (χ0n) is 15.7. The van der Waals surface area contributed by atoms with Crippen LogP contribution in [0.2, 0.25) is 0 Å². The second-order valence-corrected chi connectivity index (χ2v) is 6.78. The van der Waals surface area contributed by atoms with Crippen LogP contribution in [0.1, 0.15) is 45.6 Å². The third kappa shape index (κ3) is 3.58. The van der Waals surface area contributed by atoms with Crippen molar-refractivity contribution in [3.8, 4) is 0 Å². The van der Waals surface area contributed by atoms with Crippen LogP contribution >= 0.6 is 0 Å². The fraction of sp³-hybridized carbons (Fsp3) is 0.300. The van der Waals surface area contributed by atoms with Gasteiger partial charge in [-0.3, -0.25) is 14.4 Å². The van der Waals surface area contributed by atoms with E-state index in [0.29, 0.717) is 10.6 Å². The molecule has 2 amide bonds. The third-order valence-corrected chi connectivity index (χ3v) is 4.68. The van der Waals surface area contributed by atoms with Crippen molar-refractivity contribution >= 4 is 17.8 Å². The monoisotopic (exact) mass is 386 g/mol. The van der Waals surface area contributed by atoms with E-state index < -0.39 is 23.6 Å². The molecule has 8 heteroatoms. The van der Waals surface area contributed by atoms with Gasteiger partial charge in [0.05, 0.1) is 5.56 Å². The SMILES string of the molecule is Cc1ccc(Cc2c(C(=O)ON3C(=O)CCC3=O)cc(C)c(=O)n2C)c(F)c1. The second kappa shape index (κ2) is 7.38. The van der Waals surface area contributed by atoms with E-state index in [1.165, 1.54) is 30.7 Å². The molecule has 7 nitrogen and oxygen atoms in total. The molecule has 0 bridgehead atoms. The van der Waals surface area contributed by atoms with Crippen molar-refractivity contribution in [3.63, 3.8) is 0 Å². The number of rotatable bonds is 4. The molecule has 0 unspecified atom stereocenters. The topological polar surface area (TPSA) is 85.7 Å². The fourth-order valence-electron chi connectivity index (χ4n) is 3.09. The van der Waals surface area contributed by atoms with E-state index in [0.717, 1.165) is 5.56 Å². The molecular formula is C20H19FN2O5. The van der Waals surface area contributed by atoms with E-state index in [2.05, 4.69) is 0 Å². The number of pyridine rings is 1. The lowest BCUT2D eigenvalue weighted by Crippen LogP contribution is -2.34. The Hall–Kier alpha value is -3.29. The van der Waals surface area contributed by atoms with Gasteiger partial charge in [-0.25, -0.2) is 9.18 Å². The smallest absolute Gasteiger partial charge is 0.325 e. The Morgan fingerprint density at radius 2 is 1.75 bits per heavy atom. The molecule has 2 aromatic rings. The quantitative estimate of drug-likeness (QED) is 0.750. The number of halogens is 1. The average molecular weight is 386 g/mol. The first kappa shape index (κ1) is 19.5. The summed E-state index contributed by atoms with van der Waals surface area (Å²) in [7, 11) is 1.47. The molecular weight excluding hydrogens is 367 g/mol. The van der Waals surface area contributed by atoms with Crippen molar-refractivity contribution in [2.45, 2.75) is 33.1 Å². The standard InChI is InChI=1S/C20H19FN2O5/c1-11-4-5-13(15(21)8-11)10-16-14(9-12(2)19(26)22(16)3)20(27)28-23-17(24)6-7-18(23)25/h4-5,8-9H,6-7,10H2,1-3H3. The van der Waals surface area contributed by atoms with Gasteiger partial charge in [0, 0.05) is 37.6 Å². The van der Waals surface area contributed by atoms with Gasteiger partial charge >= 0.3 is 5.97 Å². The highest BCUT2D eigenvalue weighted by molar-refractivity contribution is 6.03. The molecule has 1 saturated heterocycles. The van der Waals surface area contributed by atoms with Crippen LogP contribution < -0.4 is 5.56 Å². The molecule has 0 radical (unpaired) electrons. The molecule has 1 aliphatic rings. The number of hydrogen-bond donors (Lipinski definition) is 0. The molecule has 146 valence electrons. The number of nitrogens with zero attached hydrogens (tertiary/aromatic N) is 2. The van der Waals surface area contributed by atoms with Gasteiger partial charge in [0.1, 0.15) is 5.82 Å². The van der Waals surface area contributed by atoms with Crippen LogP contribution in [0.3, 0.4) is 0 Å². The van der Waals surface area contributed by atoms with Gasteiger partial charge in [-0.1, -0.05) is 12.1 Å². The number of aromatic nitrogens is 1. The minimum atomic E-state index is -0.954. The molecule has 0 saturated carbocycles. The Morgan fingerprint density at radius 1 is 1.11 bits per heavy atom. The van der Waals surface area contributed by atoms with Gasteiger partial charge in [0.25, 0.3) is 17.4 Å². The van der Waals surface area contributed by atoms with Crippen LogP contribution in [0.5, 0.6) is 0 Å². The van der Waals surface area contributed by atoms with Crippen molar-refractivity contribution in [1.29, 1.82) is 0 Å². The Labute approximate surface area is 160 Å². The second-order valence-electron chi connectivity index (χ2n) is 6.78. The highest BCUT2D eigenvalue weighted by Gasteiger charge is 2.34. The van der Waals surface area contributed by atoms with E-state index in [1.54, 1.807) is 19.1 Å². The number of imide groups is 1. The summed E-state index contributed by atoms with van der Waals surface area (Å²) in [4.78, 5) is 53.4. The molecule has 0 atom stereocenters. The van der Waals surface area contributed by atoms with E-state index in [-0.39, 0.29) is 41.6 Å². The zero-order valence-corrected chi connectivity index (χ0v) is 15.7. The Morgan fingerprint density at radius 3 is 2.36 bits per heavy atom. The molecule has 1 aromatic carbocycles. The highest BCUT2D eigenvalue weighted by Crippen LogP contribution is 2.20. The largest absolute Gasteiger partial charge is 0.365 e. The maximum Gasteiger partial charge on any atom is 0.365 e. The van der Waals surface area contributed by atoms with Crippen molar-refractivity contribution in [3.05, 3.63) is 68.4 Å². The van der Waals surface area contributed by atoms with Crippen LogP contribution in [-0.2, 0) is 27.9 Å². The summed E-state index contributed by atoms with van der Waals surface area (Å²) in [5.41, 5.74) is 1.19. The number of carbonyl (C=O) groups excluding carboxylic acids is 3. The van der Waals surface area contributed by atoms with E-state index >= 15 is 0 Å². The van der Waals surface area contributed by atoms with Gasteiger partial charge < -0.3 is 9.40 Å². The molecule has 0 aliphatic carbocycles. The number of carbonyl (C=O) groups is 3. The number of benzene rings is 1. The first-order chi connectivity index (χ1) is 13.2. The Kier molecular flexibility index (Phi) is 5.13. The maximum atomic E-state index is 14.3. The Balaban J connectivity index is 2.02. The first-order valence-corrected chi connectivity index (χ1v) is 8.71. The molecule has 0 N–H and O–H groups in total. The molecule has 2 heterocycles. The molecule has 0 spiro atoms. The number of aryl methyl sites for hydroxylation is 2. The highest BCUT2D eigenvalue weighted by atomic mass is 19.1.